The number of thioether (sulfide) groups is 1. The Morgan fingerprint density at radius 3 is 2.74 bits per heavy atom. The van der Waals surface area contributed by atoms with E-state index in [1.165, 1.54) is 18.6 Å². The number of halogens is 1. The lowest BCUT2D eigenvalue weighted by Gasteiger charge is -2.21. The molecule has 0 aromatic carbocycles. The van der Waals surface area contributed by atoms with Crippen LogP contribution < -0.4 is 10.6 Å². The number of aliphatic imine (C=N–C) groups is 1. The van der Waals surface area contributed by atoms with Crippen molar-refractivity contribution >= 4 is 41.7 Å². The predicted molar refractivity (Wildman–Crippen MR) is 113 cm³/mol. The fraction of sp³-hybridized carbons (Fsp3) is 0.938. The van der Waals surface area contributed by atoms with Crippen molar-refractivity contribution in [1.29, 1.82) is 0 Å². The lowest BCUT2D eigenvalue weighted by Crippen LogP contribution is -2.39. The maximum atomic E-state index is 5.09. The summed E-state index contributed by atoms with van der Waals surface area (Å²) in [5.74, 6) is 2.24. The van der Waals surface area contributed by atoms with E-state index in [0.717, 1.165) is 51.7 Å². The molecule has 1 aliphatic rings. The van der Waals surface area contributed by atoms with Crippen LogP contribution in [0.4, 0.5) is 0 Å². The van der Waals surface area contributed by atoms with Gasteiger partial charge in [-0.25, -0.2) is 0 Å². The van der Waals surface area contributed by atoms with Gasteiger partial charge in [0.25, 0.3) is 0 Å². The van der Waals surface area contributed by atoms with E-state index in [1.807, 2.05) is 0 Å². The average molecular weight is 458 g/mol. The third-order valence-electron chi connectivity index (χ3n) is 3.90. The number of nitrogens with zero attached hydrogens (tertiary/aromatic N) is 2. The van der Waals surface area contributed by atoms with Crippen LogP contribution in [-0.4, -0.2) is 74.8 Å². The van der Waals surface area contributed by atoms with Gasteiger partial charge in [-0.2, -0.15) is 11.8 Å². The van der Waals surface area contributed by atoms with Crippen molar-refractivity contribution in [2.45, 2.75) is 37.9 Å². The summed E-state index contributed by atoms with van der Waals surface area (Å²) in [4.78, 5) is 7.07. The quantitative estimate of drug-likeness (QED) is 0.228. The van der Waals surface area contributed by atoms with Crippen LogP contribution in [0.1, 0.15) is 33.1 Å². The van der Waals surface area contributed by atoms with Crippen LogP contribution in [0.2, 0.25) is 0 Å². The smallest absolute Gasteiger partial charge is 0.191 e. The highest BCUT2D eigenvalue weighted by Gasteiger charge is 2.29. The summed E-state index contributed by atoms with van der Waals surface area (Å²) in [5, 5.41) is 6.79. The van der Waals surface area contributed by atoms with Crippen molar-refractivity contribution in [2.24, 2.45) is 4.99 Å². The molecule has 0 amide bonds. The van der Waals surface area contributed by atoms with Gasteiger partial charge >= 0.3 is 0 Å². The van der Waals surface area contributed by atoms with E-state index >= 15 is 0 Å². The Hall–Kier alpha value is 0.270. The molecule has 0 aromatic heterocycles. The Labute approximate surface area is 163 Å². The van der Waals surface area contributed by atoms with Crippen LogP contribution in [0.3, 0.4) is 0 Å². The number of rotatable bonds is 10. The topological polar surface area (TPSA) is 48.9 Å². The van der Waals surface area contributed by atoms with Gasteiger partial charge in [0, 0.05) is 31.5 Å². The first-order chi connectivity index (χ1) is 10.6. The van der Waals surface area contributed by atoms with Crippen LogP contribution in [0.25, 0.3) is 0 Å². The number of ether oxygens (including phenoxy) is 1. The molecular weight excluding hydrogens is 423 g/mol. The van der Waals surface area contributed by atoms with E-state index < -0.39 is 0 Å². The molecule has 0 aromatic rings. The van der Waals surface area contributed by atoms with Crippen molar-refractivity contribution in [1.82, 2.24) is 15.5 Å². The minimum absolute atomic E-state index is 0. The molecule has 0 radical (unpaired) electrons. The monoisotopic (exact) mass is 458 g/mol. The molecule has 7 heteroatoms. The van der Waals surface area contributed by atoms with Gasteiger partial charge in [-0.3, -0.25) is 4.99 Å². The van der Waals surface area contributed by atoms with Gasteiger partial charge in [0.05, 0.1) is 13.2 Å². The largest absolute Gasteiger partial charge is 0.383 e. The molecule has 0 aliphatic carbocycles. The fourth-order valence-electron chi connectivity index (χ4n) is 2.46. The number of methoxy groups -OCH3 is 1. The van der Waals surface area contributed by atoms with Crippen molar-refractivity contribution in [2.75, 3.05) is 59.2 Å². The number of nitrogens with one attached hydrogen (secondary N) is 2. The molecule has 1 aliphatic heterocycles. The zero-order chi connectivity index (χ0) is 16.3. The van der Waals surface area contributed by atoms with Crippen LogP contribution in [0.15, 0.2) is 4.99 Å². The number of guanidine groups is 1. The van der Waals surface area contributed by atoms with Crippen molar-refractivity contribution in [3.05, 3.63) is 0 Å². The van der Waals surface area contributed by atoms with E-state index in [4.69, 9.17) is 9.73 Å². The lowest BCUT2D eigenvalue weighted by molar-refractivity contribution is 0.161. The molecule has 1 saturated heterocycles. The van der Waals surface area contributed by atoms with Gasteiger partial charge in [0.2, 0.25) is 0 Å². The van der Waals surface area contributed by atoms with E-state index in [-0.39, 0.29) is 24.0 Å². The molecular formula is C16H35IN4OS. The second kappa shape index (κ2) is 13.5. The highest BCUT2D eigenvalue weighted by molar-refractivity contribution is 14.0. The average Bonchev–Trinajstić information content (AvgIpc) is 2.94. The summed E-state index contributed by atoms with van der Waals surface area (Å²) in [6.07, 6.45) is 3.72. The Bertz CT molecular complexity index is 325. The highest BCUT2D eigenvalue weighted by Crippen LogP contribution is 2.37. The van der Waals surface area contributed by atoms with E-state index in [1.54, 1.807) is 7.11 Å². The minimum Gasteiger partial charge on any atom is -0.383 e. The normalized spacial score (nSPS) is 21.3. The van der Waals surface area contributed by atoms with Gasteiger partial charge < -0.3 is 20.3 Å². The number of likely N-dealkylation sites (N-methyl/N-ethyl adjacent to an activating group) is 1. The van der Waals surface area contributed by atoms with Gasteiger partial charge in [0.1, 0.15) is 0 Å². The molecule has 0 spiro atoms. The van der Waals surface area contributed by atoms with Crippen LogP contribution >= 0.6 is 35.7 Å². The second-order valence-corrected chi connectivity index (χ2v) is 7.86. The molecule has 2 N–H and O–H groups in total. The zero-order valence-electron chi connectivity index (χ0n) is 15.2. The predicted octanol–water partition coefficient (Wildman–Crippen LogP) is 2.41. The fourth-order valence-corrected chi connectivity index (χ4v) is 3.69. The van der Waals surface area contributed by atoms with E-state index in [2.05, 4.69) is 48.2 Å². The molecule has 0 bridgehead atoms. The van der Waals surface area contributed by atoms with Gasteiger partial charge in [-0.05, 0) is 52.5 Å². The molecule has 23 heavy (non-hydrogen) atoms. The Balaban J connectivity index is 0.00000484. The van der Waals surface area contributed by atoms with Crippen LogP contribution in [0.5, 0.6) is 0 Å². The second-order valence-electron chi connectivity index (χ2n) is 6.17. The lowest BCUT2D eigenvalue weighted by atomic mass is 10.1. The summed E-state index contributed by atoms with van der Waals surface area (Å²) in [6.45, 7) is 10.1. The highest BCUT2D eigenvalue weighted by atomic mass is 127. The molecule has 1 unspecified atom stereocenters. The first-order valence-corrected chi connectivity index (χ1v) is 9.42. The molecule has 1 fully saturated rings. The van der Waals surface area contributed by atoms with Gasteiger partial charge in [0.15, 0.2) is 5.96 Å². The summed E-state index contributed by atoms with van der Waals surface area (Å²) < 4.78 is 5.43. The Morgan fingerprint density at radius 2 is 2.13 bits per heavy atom. The first-order valence-electron chi connectivity index (χ1n) is 8.43. The number of hydrogen-bond acceptors (Lipinski definition) is 4. The summed E-state index contributed by atoms with van der Waals surface area (Å²) in [7, 11) is 3.88. The SMILES string of the molecule is CCNC(=NCC1(C)CCCS1)NCCCN(C)CCOC.I. The third kappa shape index (κ3) is 10.7. The standard InChI is InChI=1S/C16H34N4OS.HI/c1-5-17-15(19-14-16(2)8-6-13-22-16)18-9-7-10-20(3)11-12-21-4;/h5-14H2,1-4H3,(H2,17,18,19);1H. The summed E-state index contributed by atoms with van der Waals surface area (Å²) in [6, 6.07) is 0. The molecule has 5 nitrogen and oxygen atoms in total. The van der Waals surface area contributed by atoms with Crippen LogP contribution in [-0.2, 0) is 4.74 Å². The summed E-state index contributed by atoms with van der Waals surface area (Å²) in [5.41, 5.74) is 0. The molecule has 1 heterocycles. The molecule has 1 rings (SSSR count). The maximum absolute atomic E-state index is 5.09. The van der Waals surface area contributed by atoms with Crippen LogP contribution in [0, 0.1) is 0 Å². The Kier molecular flexibility index (Phi) is 13.7. The van der Waals surface area contributed by atoms with Crippen molar-refractivity contribution in [3.8, 4) is 0 Å². The third-order valence-corrected chi connectivity index (χ3v) is 5.43. The first kappa shape index (κ1) is 23.3. The minimum atomic E-state index is 0. The molecule has 138 valence electrons. The number of hydrogen-bond donors (Lipinski definition) is 2. The van der Waals surface area contributed by atoms with E-state index in [0.29, 0.717) is 4.75 Å². The Morgan fingerprint density at radius 1 is 1.35 bits per heavy atom. The van der Waals surface area contributed by atoms with E-state index in [9.17, 15) is 0 Å². The molecule has 0 saturated carbocycles. The maximum Gasteiger partial charge on any atom is 0.191 e. The summed E-state index contributed by atoms with van der Waals surface area (Å²) >= 11 is 2.06. The van der Waals surface area contributed by atoms with Gasteiger partial charge in [-0.1, -0.05) is 0 Å². The van der Waals surface area contributed by atoms with Gasteiger partial charge in [-0.15, -0.1) is 24.0 Å². The molecule has 1 atom stereocenters. The van der Waals surface area contributed by atoms with Crippen molar-refractivity contribution in [3.63, 3.8) is 0 Å². The van der Waals surface area contributed by atoms with Crippen molar-refractivity contribution < 1.29 is 4.74 Å². The zero-order valence-corrected chi connectivity index (χ0v) is 18.3.